The molecule has 2 N–H and O–H groups in total. The van der Waals surface area contributed by atoms with Crippen molar-refractivity contribution < 1.29 is 5.11 Å². The topological polar surface area (TPSA) is 75.9 Å². The first-order valence-electron chi connectivity index (χ1n) is 6.92. The molecule has 106 valence electrons. The Hall–Kier alpha value is -1.79. The molecule has 3 rings (SSSR count). The molecule has 20 heavy (non-hydrogen) atoms. The molecule has 0 saturated heterocycles. The Kier molecular flexibility index (Phi) is 3.75. The molecule has 0 aliphatic heterocycles. The maximum absolute atomic E-state index is 9.93. The Morgan fingerprint density at radius 3 is 3.00 bits per heavy atom. The quantitative estimate of drug-likeness (QED) is 0.833. The Labute approximate surface area is 117 Å². The van der Waals surface area contributed by atoms with Crippen LogP contribution in [0.15, 0.2) is 37.1 Å². The standard InChI is InChI=1S/C14H19N5O/c1-10(7-11-9-15-4-5-16-11)18-12-8-13(20)14(12)19-6-2-3-17-19/h2-6,9-10,12-14,18,20H,7-8H2,1H3/t10?,12-,13+,14+/m0/s1. The maximum Gasteiger partial charge on any atom is 0.0932 e. The van der Waals surface area contributed by atoms with E-state index in [9.17, 15) is 5.11 Å². The van der Waals surface area contributed by atoms with Crippen LogP contribution in [0.3, 0.4) is 0 Å². The van der Waals surface area contributed by atoms with Crippen molar-refractivity contribution in [2.24, 2.45) is 0 Å². The molecule has 2 aromatic heterocycles. The third-order valence-electron chi connectivity index (χ3n) is 3.76. The number of nitrogens with zero attached hydrogens (tertiary/aromatic N) is 4. The third kappa shape index (κ3) is 2.71. The normalized spacial score (nSPS) is 27.0. The highest BCUT2D eigenvalue weighted by molar-refractivity contribution is 5.03. The summed E-state index contributed by atoms with van der Waals surface area (Å²) in [4.78, 5) is 8.36. The van der Waals surface area contributed by atoms with E-state index in [0.717, 1.165) is 18.5 Å². The van der Waals surface area contributed by atoms with Gasteiger partial charge in [0.05, 0.1) is 17.8 Å². The lowest BCUT2D eigenvalue weighted by atomic mass is 9.82. The second-order valence-electron chi connectivity index (χ2n) is 5.35. The molecule has 0 radical (unpaired) electrons. The van der Waals surface area contributed by atoms with Crippen molar-refractivity contribution in [3.8, 4) is 0 Å². The summed E-state index contributed by atoms with van der Waals surface area (Å²) >= 11 is 0. The minimum atomic E-state index is -0.323. The lowest BCUT2D eigenvalue weighted by molar-refractivity contribution is -0.0109. The molecule has 0 aromatic carbocycles. The molecule has 4 atom stereocenters. The second kappa shape index (κ2) is 5.68. The van der Waals surface area contributed by atoms with Crippen LogP contribution in [0, 0.1) is 0 Å². The van der Waals surface area contributed by atoms with Gasteiger partial charge in [-0.2, -0.15) is 5.10 Å². The summed E-state index contributed by atoms with van der Waals surface area (Å²) < 4.78 is 1.83. The van der Waals surface area contributed by atoms with Crippen LogP contribution in [0.4, 0.5) is 0 Å². The van der Waals surface area contributed by atoms with E-state index in [1.807, 2.05) is 16.9 Å². The average Bonchev–Trinajstić information content (AvgIpc) is 2.92. The molecule has 1 aliphatic rings. The second-order valence-corrected chi connectivity index (χ2v) is 5.35. The van der Waals surface area contributed by atoms with Crippen LogP contribution < -0.4 is 5.32 Å². The fourth-order valence-corrected chi connectivity index (χ4v) is 2.77. The summed E-state index contributed by atoms with van der Waals surface area (Å²) in [5.74, 6) is 0. The van der Waals surface area contributed by atoms with Gasteiger partial charge in [0.25, 0.3) is 0 Å². The molecular weight excluding hydrogens is 254 g/mol. The Bertz CT molecular complexity index is 530. The molecule has 1 fully saturated rings. The molecule has 0 spiro atoms. The minimum Gasteiger partial charge on any atom is -0.391 e. The maximum atomic E-state index is 9.93. The molecule has 0 amide bonds. The fraction of sp³-hybridized carbons (Fsp3) is 0.500. The highest BCUT2D eigenvalue weighted by Crippen LogP contribution is 2.32. The number of hydrogen-bond acceptors (Lipinski definition) is 5. The van der Waals surface area contributed by atoms with Crippen LogP contribution in [-0.2, 0) is 6.42 Å². The van der Waals surface area contributed by atoms with Gasteiger partial charge in [-0.05, 0) is 19.4 Å². The number of aliphatic hydroxyl groups excluding tert-OH is 1. The summed E-state index contributed by atoms with van der Waals surface area (Å²) in [7, 11) is 0. The van der Waals surface area contributed by atoms with Crippen LogP contribution >= 0.6 is 0 Å². The third-order valence-corrected chi connectivity index (χ3v) is 3.76. The van der Waals surface area contributed by atoms with Crippen molar-refractivity contribution in [2.75, 3.05) is 0 Å². The van der Waals surface area contributed by atoms with Crippen molar-refractivity contribution in [1.82, 2.24) is 25.1 Å². The van der Waals surface area contributed by atoms with Crippen molar-refractivity contribution in [3.63, 3.8) is 0 Å². The van der Waals surface area contributed by atoms with Gasteiger partial charge < -0.3 is 10.4 Å². The minimum absolute atomic E-state index is 0.0225. The van der Waals surface area contributed by atoms with Gasteiger partial charge in [-0.25, -0.2) is 0 Å². The van der Waals surface area contributed by atoms with E-state index in [4.69, 9.17) is 0 Å². The van der Waals surface area contributed by atoms with Crippen LogP contribution in [-0.4, -0.2) is 43.0 Å². The molecule has 1 aliphatic carbocycles. The first kappa shape index (κ1) is 13.2. The largest absolute Gasteiger partial charge is 0.391 e. The van der Waals surface area contributed by atoms with Crippen LogP contribution in [0.1, 0.15) is 25.1 Å². The first-order valence-corrected chi connectivity index (χ1v) is 6.92. The number of hydrogen-bond donors (Lipinski definition) is 2. The fourth-order valence-electron chi connectivity index (χ4n) is 2.77. The molecule has 1 saturated carbocycles. The molecule has 6 nitrogen and oxygen atoms in total. The molecule has 6 heteroatoms. The van der Waals surface area contributed by atoms with E-state index in [2.05, 4.69) is 27.3 Å². The van der Waals surface area contributed by atoms with E-state index >= 15 is 0 Å². The van der Waals surface area contributed by atoms with E-state index < -0.39 is 0 Å². The van der Waals surface area contributed by atoms with Gasteiger partial charge in [0.2, 0.25) is 0 Å². The summed E-state index contributed by atoms with van der Waals surface area (Å²) in [6.45, 7) is 2.12. The predicted octanol–water partition coefficient (Wildman–Crippen LogP) is 0.568. The van der Waals surface area contributed by atoms with Gasteiger partial charge >= 0.3 is 0 Å². The molecule has 2 aromatic rings. The van der Waals surface area contributed by atoms with Gasteiger partial charge in [-0.1, -0.05) is 0 Å². The Morgan fingerprint density at radius 1 is 1.45 bits per heavy atom. The predicted molar refractivity (Wildman–Crippen MR) is 74.0 cm³/mol. The monoisotopic (exact) mass is 273 g/mol. The zero-order chi connectivity index (χ0) is 13.9. The zero-order valence-corrected chi connectivity index (χ0v) is 11.4. The molecule has 2 heterocycles. The van der Waals surface area contributed by atoms with Crippen molar-refractivity contribution in [3.05, 3.63) is 42.7 Å². The van der Waals surface area contributed by atoms with Gasteiger partial charge in [-0.3, -0.25) is 14.6 Å². The first-order chi connectivity index (χ1) is 9.74. The summed E-state index contributed by atoms with van der Waals surface area (Å²) in [5, 5.41) is 17.7. The van der Waals surface area contributed by atoms with Crippen LogP contribution in [0.5, 0.6) is 0 Å². The highest BCUT2D eigenvalue weighted by atomic mass is 16.3. The van der Waals surface area contributed by atoms with E-state index in [1.165, 1.54) is 0 Å². The van der Waals surface area contributed by atoms with Gasteiger partial charge in [0, 0.05) is 49.5 Å². The SMILES string of the molecule is CC(Cc1cnccn1)N[C@H]1C[C@@H](O)[C@@H]1n1cccn1. The van der Waals surface area contributed by atoms with Gasteiger partial charge in [0.1, 0.15) is 0 Å². The summed E-state index contributed by atoms with van der Waals surface area (Å²) in [6.07, 6.45) is 10.1. The number of rotatable bonds is 5. The van der Waals surface area contributed by atoms with Crippen molar-refractivity contribution in [2.45, 2.75) is 44.0 Å². The van der Waals surface area contributed by atoms with Gasteiger partial charge in [-0.15, -0.1) is 0 Å². The van der Waals surface area contributed by atoms with E-state index in [-0.39, 0.29) is 24.2 Å². The zero-order valence-electron chi connectivity index (χ0n) is 11.4. The highest BCUT2D eigenvalue weighted by Gasteiger charge is 2.42. The summed E-state index contributed by atoms with van der Waals surface area (Å²) in [5.41, 5.74) is 0.975. The molecular formula is C14H19N5O. The lowest BCUT2D eigenvalue weighted by Crippen LogP contribution is -2.57. The number of aromatic nitrogens is 4. The molecule has 0 bridgehead atoms. The summed E-state index contributed by atoms with van der Waals surface area (Å²) in [6, 6.07) is 2.43. The Morgan fingerprint density at radius 2 is 2.35 bits per heavy atom. The van der Waals surface area contributed by atoms with Crippen LogP contribution in [0.25, 0.3) is 0 Å². The van der Waals surface area contributed by atoms with Crippen molar-refractivity contribution >= 4 is 0 Å². The van der Waals surface area contributed by atoms with E-state index in [1.54, 1.807) is 24.8 Å². The number of aliphatic hydroxyl groups is 1. The number of nitrogens with one attached hydrogen (secondary N) is 1. The van der Waals surface area contributed by atoms with Crippen molar-refractivity contribution in [1.29, 1.82) is 0 Å². The molecule has 1 unspecified atom stereocenters. The van der Waals surface area contributed by atoms with Gasteiger partial charge in [0.15, 0.2) is 0 Å². The van der Waals surface area contributed by atoms with Crippen LogP contribution in [0.2, 0.25) is 0 Å². The van der Waals surface area contributed by atoms with E-state index in [0.29, 0.717) is 0 Å². The average molecular weight is 273 g/mol. The smallest absolute Gasteiger partial charge is 0.0932 e. The Balaban J connectivity index is 1.58. The lowest BCUT2D eigenvalue weighted by Gasteiger charge is -2.43.